The molecule has 1 amide bonds. The van der Waals surface area contributed by atoms with Crippen LogP contribution in [0.5, 0.6) is 0 Å². The molecule has 0 saturated carbocycles. The Balaban J connectivity index is 1.25. The molecule has 6 rings (SSSR count). The Morgan fingerprint density at radius 1 is 0.947 bits per heavy atom. The fourth-order valence-electron chi connectivity index (χ4n) is 5.14. The SMILES string of the molecule is O=C1/C(=C\c2ccc(N3N=C(c4ccccc4)CC3c3ccccc3)cc2)SC(=S)N1C1CCS(=O)(=O)C1. The number of anilines is 1. The van der Waals surface area contributed by atoms with Crippen LogP contribution in [0.25, 0.3) is 6.08 Å². The molecule has 0 spiro atoms. The number of benzene rings is 3. The molecule has 3 heterocycles. The van der Waals surface area contributed by atoms with Crippen molar-refractivity contribution < 1.29 is 13.2 Å². The highest BCUT2D eigenvalue weighted by Gasteiger charge is 2.42. The lowest BCUT2D eigenvalue weighted by molar-refractivity contribution is -0.123. The first-order chi connectivity index (χ1) is 18.4. The molecule has 3 aliphatic heterocycles. The molecule has 0 aliphatic carbocycles. The molecule has 38 heavy (non-hydrogen) atoms. The third kappa shape index (κ3) is 4.93. The summed E-state index contributed by atoms with van der Waals surface area (Å²) in [4.78, 5) is 15.1. The van der Waals surface area contributed by atoms with Crippen LogP contribution in [0.4, 0.5) is 5.69 Å². The number of thioether (sulfide) groups is 1. The fourth-order valence-corrected chi connectivity index (χ4v) is 8.24. The second-order valence-corrected chi connectivity index (χ2v) is 13.5. The first kappa shape index (κ1) is 25.0. The number of hydrogen-bond acceptors (Lipinski definition) is 7. The number of nitrogens with zero attached hydrogens (tertiary/aromatic N) is 3. The summed E-state index contributed by atoms with van der Waals surface area (Å²) in [5.41, 5.74) is 5.19. The van der Waals surface area contributed by atoms with Gasteiger partial charge in [-0.1, -0.05) is 96.8 Å². The minimum atomic E-state index is -3.11. The van der Waals surface area contributed by atoms with E-state index in [9.17, 15) is 13.2 Å². The lowest BCUT2D eigenvalue weighted by atomic mass is 9.98. The van der Waals surface area contributed by atoms with Gasteiger partial charge in [0.2, 0.25) is 0 Å². The maximum Gasteiger partial charge on any atom is 0.266 e. The lowest BCUT2D eigenvalue weighted by Crippen LogP contribution is -2.39. The molecule has 3 aliphatic rings. The topological polar surface area (TPSA) is 70.1 Å². The van der Waals surface area contributed by atoms with E-state index in [1.165, 1.54) is 22.2 Å². The molecule has 2 saturated heterocycles. The highest BCUT2D eigenvalue weighted by molar-refractivity contribution is 8.26. The van der Waals surface area contributed by atoms with E-state index in [1.807, 2.05) is 66.7 Å². The summed E-state index contributed by atoms with van der Waals surface area (Å²) in [6, 6.07) is 28.3. The van der Waals surface area contributed by atoms with Crippen molar-refractivity contribution in [1.82, 2.24) is 4.90 Å². The van der Waals surface area contributed by atoms with Gasteiger partial charge in [0.25, 0.3) is 5.91 Å². The Kier molecular flexibility index (Phi) is 6.67. The van der Waals surface area contributed by atoms with E-state index < -0.39 is 9.84 Å². The summed E-state index contributed by atoms with van der Waals surface area (Å²) >= 11 is 6.67. The van der Waals surface area contributed by atoms with E-state index >= 15 is 0 Å². The lowest BCUT2D eigenvalue weighted by Gasteiger charge is -2.24. The van der Waals surface area contributed by atoms with Crippen molar-refractivity contribution in [3.8, 4) is 0 Å². The van der Waals surface area contributed by atoms with Crippen LogP contribution >= 0.6 is 24.0 Å². The van der Waals surface area contributed by atoms with Crippen molar-refractivity contribution in [3.05, 3.63) is 107 Å². The van der Waals surface area contributed by atoms with E-state index in [0.29, 0.717) is 15.6 Å². The third-order valence-corrected chi connectivity index (χ3v) is 10.1. The molecule has 0 radical (unpaired) electrons. The van der Waals surface area contributed by atoms with Gasteiger partial charge in [0.1, 0.15) is 4.32 Å². The number of amides is 1. The number of rotatable bonds is 5. The predicted octanol–water partition coefficient (Wildman–Crippen LogP) is 5.43. The van der Waals surface area contributed by atoms with Gasteiger partial charge in [-0.2, -0.15) is 5.10 Å². The zero-order chi connectivity index (χ0) is 26.3. The summed E-state index contributed by atoms with van der Waals surface area (Å²) in [6.07, 6.45) is 3.06. The Morgan fingerprint density at radius 3 is 2.29 bits per heavy atom. The Morgan fingerprint density at radius 2 is 1.63 bits per heavy atom. The van der Waals surface area contributed by atoms with Gasteiger partial charge in [-0.25, -0.2) is 8.42 Å². The number of carbonyl (C=O) groups excluding carboxylic acids is 1. The molecule has 3 aromatic carbocycles. The van der Waals surface area contributed by atoms with Crippen LogP contribution < -0.4 is 5.01 Å². The zero-order valence-corrected chi connectivity index (χ0v) is 22.9. The summed E-state index contributed by atoms with van der Waals surface area (Å²) in [5, 5.41) is 7.08. The van der Waals surface area contributed by atoms with Crippen LogP contribution in [-0.2, 0) is 14.6 Å². The van der Waals surface area contributed by atoms with Gasteiger partial charge in [-0.3, -0.25) is 14.7 Å². The van der Waals surface area contributed by atoms with E-state index in [1.54, 1.807) is 0 Å². The molecule has 0 N–H and O–H groups in total. The Hall–Kier alpha value is -3.27. The molecule has 0 aromatic heterocycles. The standard InChI is InChI=1S/C29H25N3O3S3/c33-28-27(37-29(36)31(28)24-15-16-38(34,35)19-24)17-20-11-13-23(14-12-20)32-26(22-9-5-2-6-10-22)18-25(30-32)21-7-3-1-4-8-21/h1-14,17,24,26H,15-16,18-19H2/b27-17+. The molecular weight excluding hydrogens is 535 g/mol. The van der Waals surface area contributed by atoms with Crippen molar-refractivity contribution in [1.29, 1.82) is 0 Å². The quantitative estimate of drug-likeness (QED) is 0.307. The minimum absolute atomic E-state index is 0.0225. The van der Waals surface area contributed by atoms with Crippen molar-refractivity contribution in [2.45, 2.75) is 24.9 Å². The Bertz CT molecular complexity index is 1550. The average molecular weight is 560 g/mol. The van der Waals surface area contributed by atoms with Gasteiger partial charge in [0, 0.05) is 6.42 Å². The first-order valence-electron chi connectivity index (χ1n) is 12.4. The maximum absolute atomic E-state index is 13.1. The molecule has 192 valence electrons. The molecule has 2 fully saturated rings. The zero-order valence-electron chi connectivity index (χ0n) is 20.4. The van der Waals surface area contributed by atoms with Gasteiger partial charge < -0.3 is 0 Å². The van der Waals surface area contributed by atoms with Crippen LogP contribution in [0, 0.1) is 0 Å². The highest BCUT2D eigenvalue weighted by Crippen LogP contribution is 2.38. The second kappa shape index (κ2) is 10.1. The molecule has 9 heteroatoms. The number of carbonyl (C=O) groups is 1. The number of hydrogen-bond donors (Lipinski definition) is 0. The molecular formula is C29H25N3O3S3. The minimum Gasteiger partial charge on any atom is -0.289 e. The van der Waals surface area contributed by atoms with E-state index in [-0.39, 0.29) is 29.5 Å². The molecule has 0 bridgehead atoms. The van der Waals surface area contributed by atoms with Gasteiger partial charge in [0.05, 0.1) is 39.9 Å². The third-order valence-electron chi connectivity index (χ3n) is 7.05. The van der Waals surface area contributed by atoms with E-state index in [0.717, 1.165) is 28.9 Å². The van der Waals surface area contributed by atoms with Gasteiger partial charge >= 0.3 is 0 Å². The van der Waals surface area contributed by atoms with Crippen molar-refractivity contribution in [2.24, 2.45) is 5.10 Å². The second-order valence-electron chi connectivity index (χ2n) is 9.59. The van der Waals surface area contributed by atoms with E-state index in [4.69, 9.17) is 17.3 Å². The Labute approximate surface area is 232 Å². The normalized spacial score (nSPS) is 23.9. The largest absolute Gasteiger partial charge is 0.289 e. The highest BCUT2D eigenvalue weighted by atomic mass is 32.2. The number of hydrazone groups is 1. The summed E-state index contributed by atoms with van der Waals surface area (Å²) in [7, 11) is -3.11. The van der Waals surface area contributed by atoms with Crippen molar-refractivity contribution >= 4 is 61.5 Å². The van der Waals surface area contributed by atoms with Crippen LogP contribution in [0.1, 0.15) is 35.6 Å². The average Bonchev–Trinajstić information content (AvgIpc) is 3.60. The van der Waals surface area contributed by atoms with Crippen LogP contribution in [0.3, 0.4) is 0 Å². The molecule has 2 atom stereocenters. The monoisotopic (exact) mass is 559 g/mol. The van der Waals surface area contributed by atoms with Crippen LogP contribution in [-0.4, -0.2) is 46.8 Å². The first-order valence-corrected chi connectivity index (χ1v) is 15.5. The van der Waals surface area contributed by atoms with E-state index in [2.05, 4.69) is 29.3 Å². The molecule has 6 nitrogen and oxygen atoms in total. The smallest absolute Gasteiger partial charge is 0.266 e. The van der Waals surface area contributed by atoms with Crippen molar-refractivity contribution in [3.63, 3.8) is 0 Å². The molecule has 2 unspecified atom stereocenters. The van der Waals surface area contributed by atoms with Gasteiger partial charge in [-0.05, 0) is 41.3 Å². The van der Waals surface area contributed by atoms with Crippen LogP contribution in [0.15, 0.2) is 94.9 Å². The molecule has 3 aromatic rings. The van der Waals surface area contributed by atoms with Crippen LogP contribution in [0.2, 0.25) is 0 Å². The summed E-state index contributed by atoms with van der Waals surface area (Å²) in [5.74, 6) is -0.137. The van der Waals surface area contributed by atoms with Gasteiger partial charge in [0.15, 0.2) is 9.84 Å². The number of sulfone groups is 1. The maximum atomic E-state index is 13.1. The summed E-state index contributed by atoms with van der Waals surface area (Å²) < 4.78 is 24.3. The summed E-state index contributed by atoms with van der Waals surface area (Å²) in [6.45, 7) is 0. The van der Waals surface area contributed by atoms with Gasteiger partial charge in [-0.15, -0.1) is 0 Å². The predicted molar refractivity (Wildman–Crippen MR) is 158 cm³/mol. The van der Waals surface area contributed by atoms with Crippen molar-refractivity contribution in [2.75, 3.05) is 16.5 Å². The number of thiocarbonyl (C=S) groups is 1. The fraction of sp³-hybridized carbons (Fsp3) is 0.207.